The number of aryl methyl sites for hydroxylation is 2. The van der Waals surface area contributed by atoms with Crippen molar-refractivity contribution in [2.75, 3.05) is 18.0 Å². The molecule has 1 aromatic carbocycles. The number of rotatable bonds is 2. The highest BCUT2D eigenvalue weighted by molar-refractivity contribution is 7.22. The van der Waals surface area contributed by atoms with E-state index in [2.05, 4.69) is 39.1 Å². The molecule has 6 nitrogen and oxygen atoms in total. The second kappa shape index (κ2) is 7.76. The Balaban J connectivity index is 0.00000218. The molecule has 30 heavy (non-hydrogen) atoms. The van der Waals surface area contributed by atoms with Crippen LogP contribution in [0, 0.1) is 19.7 Å². The molecule has 4 heterocycles. The highest BCUT2D eigenvalue weighted by Crippen LogP contribution is 2.34. The molecular weight excluding hydrogens is 423 g/mol. The van der Waals surface area contributed by atoms with Crippen LogP contribution in [0.4, 0.5) is 9.52 Å². The van der Waals surface area contributed by atoms with E-state index in [4.69, 9.17) is 0 Å². The van der Waals surface area contributed by atoms with Gasteiger partial charge in [0.25, 0.3) is 0 Å². The Morgan fingerprint density at radius 2 is 1.83 bits per heavy atom. The number of halogens is 2. The summed E-state index contributed by atoms with van der Waals surface area (Å²) >= 11 is 1.54. The Morgan fingerprint density at radius 3 is 2.57 bits per heavy atom. The van der Waals surface area contributed by atoms with Gasteiger partial charge in [0.2, 0.25) is 0 Å². The number of hydrogen-bond donors (Lipinski definition) is 1. The number of nitrogens with one attached hydrogen (secondary N) is 1. The summed E-state index contributed by atoms with van der Waals surface area (Å²) in [5.74, 6) is -0.308. The number of nitrogens with zero attached hydrogens (tertiary/aromatic N) is 5. The molecule has 0 radical (unpaired) electrons. The maximum Gasteiger partial charge on any atom is 0.186 e. The lowest BCUT2D eigenvalue weighted by Crippen LogP contribution is -2.54. The van der Waals surface area contributed by atoms with Crippen LogP contribution in [0.15, 0.2) is 24.4 Å². The number of imidazole rings is 1. The van der Waals surface area contributed by atoms with Gasteiger partial charge in [0.05, 0.1) is 22.3 Å². The molecule has 0 aliphatic carbocycles. The standard InChI is InChI=1S/C21H23FN6S.ClH/c1-11-5-17(26-28-10-14(4)24-20(11)28)15-6-16(22)19-18(7-15)29-21(25-19)27-8-12(2)23-13(3)9-27;/h5-7,10,12-13,23H,8-9H2,1-4H3;1H. The zero-order valence-electron chi connectivity index (χ0n) is 17.3. The third kappa shape index (κ3) is 3.64. The van der Waals surface area contributed by atoms with Gasteiger partial charge in [-0.1, -0.05) is 11.3 Å². The van der Waals surface area contributed by atoms with E-state index in [1.807, 2.05) is 32.2 Å². The van der Waals surface area contributed by atoms with Crippen molar-refractivity contribution in [3.8, 4) is 11.3 Å². The molecule has 158 valence electrons. The van der Waals surface area contributed by atoms with Crippen molar-refractivity contribution >= 4 is 44.7 Å². The smallest absolute Gasteiger partial charge is 0.186 e. The molecule has 1 saturated heterocycles. The number of anilines is 1. The number of hydrogen-bond acceptors (Lipinski definition) is 6. The van der Waals surface area contributed by atoms with E-state index in [1.165, 1.54) is 6.07 Å². The summed E-state index contributed by atoms with van der Waals surface area (Å²) in [5.41, 5.74) is 4.67. The Bertz CT molecular complexity index is 1230. The van der Waals surface area contributed by atoms with Crippen LogP contribution in [0.5, 0.6) is 0 Å². The second-order valence-corrected chi connectivity index (χ2v) is 9.05. The first-order valence-corrected chi connectivity index (χ1v) is 10.6. The van der Waals surface area contributed by atoms with Crippen LogP contribution in [-0.2, 0) is 0 Å². The SMILES string of the molecule is Cc1cn2nc(-c3cc(F)c4nc(N5CC(C)NC(C)C5)sc4c3)cc(C)c2n1.Cl. The van der Waals surface area contributed by atoms with Gasteiger partial charge < -0.3 is 10.2 Å². The first-order valence-electron chi connectivity index (χ1n) is 9.82. The normalized spacial score (nSPS) is 19.4. The van der Waals surface area contributed by atoms with Gasteiger partial charge in [-0.25, -0.2) is 18.9 Å². The molecular formula is C21H24ClFN6S. The molecule has 0 saturated carbocycles. The zero-order chi connectivity index (χ0) is 20.3. The fraction of sp³-hybridized carbons (Fsp3) is 0.381. The van der Waals surface area contributed by atoms with Crippen LogP contribution in [0.3, 0.4) is 0 Å². The van der Waals surface area contributed by atoms with Gasteiger partial charge in [0, 0.05) is 30.7 Å². The van der Waals surface area contributed by atoms with Crippen molar-refractivity contribution < 1.29 is 4.39 Å². The van der Waals surface area contributed by atoms with Crippen molar-refractivity contribution in [3.05, 3.63) is 41.5 Å². The molecule has 0 bridgehead atoms. The van der Waals surface area contributed by atoms with E-state index >= 15 is 0 Å². The maximum absolute atomic E-state index is 15.0. The minimum absolute atomic E-state index is 0. The zero-order valence-corrected chi connectivity index (χ0v) is 18.9. The maximum atomic E-state index is 15.0. The van der Waals surface area contributed by atoms with E-state index in [0.29, 0.717) is 17.6 Å². The third-order valence-corrected chi connectivity index (χ3v) is 6.35. The summed E-state index contributed by atoms with van der Waals surface area (Å²) < 4.78 is 17.6. The largest absolute Gasteiger partial charge is 0.345 e. The number of thiazole rings is 1. The molecule has 2 atom stereocenters. The highest BCUT2D eigenvalue weighted by atomic mass is 35.5. The summed E-state index contributed by atoms with van der Waals surface area (Å²) in [6, 6.07) is 6.25. The molecule has 4 aromatic rings. The van der Waals surface area contributed by atoms with Crippen molar-refractivity contribution in [2.45, 2.75) is 39.8 Å². The molecule has 9 heteroatoms. The minimum atomic E-state index is -0.308. The lowest BCUT2D eigenvalue weighted by atomic mass is 10.1. The molecule has 1 fully saturated rings. The van der Waals surface area contributed by atoms with Gasteiger partial charge in [0.15, 0.2) is 16.6 Å². The average Bonchev–Trinajstić information content (AvgIpc) is 3.24. The lowest BCUT2D eigenvalue weighted by Gasteiger charge is -2.35. The molecule has 2 unspecified atom stereocenters. The monoisotopic (exact) mass is 446 g/mol. The third-order valence-electron chi connectivity index (χ3n) is 5.29. The molecule has 1 aliphatic heterocycles. The topological polar surface area (TPSA) is 58.4 Å². The number of aromatic nitrogens is 4. The predicted octanol–water partition coefficient (Wildman–Crippen LogP) is 4.37. The number of fused-ring (bicyclic) bond motifs is 2. The molecule has 0 amide bonds. The van der Waals surface area contributed by atoms with E-state index in [1.54, 1.807) is 15.9 Å². The first-order chi connectivity index (χ1) is 13.9. The molecule has 1 aliphatic rings. The van der Waals surface area contributed by atoms with Crippen LogP contribution in [0.1, 0.15) is 25.1 Å². The predicted molar refractivity (Wildman–Crippen MR) is 123 cm³/mol. The van der Waals surface area contributed by atoms with Gasteiger partial charge >= 0.3 is 0 Å². The Hall–Kier alpha value is -2.29. The van der Waals surface area contributed by atoms with Crippen molar-refractivity contribution in [2.24, 2.45) is 0 Å². The number of piperazine rings is 1. The van der Waals surface area contributed by atoms with Gasteiger partial charge in [-0.15, -0.1) is 12.4 Å². The van der Waals surface area contributed by atoms with E-state index in [0.717, 1.165) is 51.1 Å². The van der Waals surface area contributed by atoms with Gasteiger partial charge in [-0.05, 0) is 51.5 Å². The highest BCUT2D eigenvalue weighted by Gasteiger charge is 2.24. The van der Waals surface area contributed by atoms with Crippen LogP contribution >= 0.6 is 23.7 Å². The van der Waals surface area contributed by atoms with Gasteiger partial charge in [-0.3, -0.25) is 0 Å². The summed E-state index contributed by atoms with van der Waals surface area (Å²) in [4.78, 5) is 11.4. The fourth-order valence-electron chi connectivity index (χ4n) is 4.13. The van der Waals surface area contributed by atoms with E-state index < -0.39 is 0 Å². The van der Waals surface area contributed by atoms with Crippen LogP contribution in [-0.4, -0.2) is 44.8 Å². The van der Waals surface area contributed by atoms with Gasteiger partial charge in [-0.2, -0.15) is 5.10 Å². The van der Waals surface area contributed by atoms with Crippen LogP contribution in [0.25, 0.3) is 27.1 Å². The summed E-state index contributed by atoms with van der Waals surface area (Å²) in [5, 5.41) is 9.04. The average molecular weight is 447 g/mol. The van der Waals surface area contributed by atoms with E-state index in [9.17, 15) is 4.39 Å². The lowest BCUT2D eigenvalue weighted by molar-refractivity contribution is 0.407. The Labute approximate surface area is 184 Å². The minimum Gasteiger partial charge on any atom is -0.345 e. The van der Waals surface area contributed by atoms with Crippen molar-refractivity contribution in [1.29, 1.82) is 0 Å². The molecule has 0 spiro atoms. The first kappa shape index (κ1) is 21.0. The molecule has 3 aromatic heterocycles. The Kier molecular flexibility index (Phi) is 5.42. The van der Waals surface area contributed by atoms with Crippen molar-refractivity contribution in [1.82, 2.24) is 24.9 Å². The summed E-state index contributed by atoms with van der Waals surface area (Å²) in [6.45, 7) is 10.0. The fourth-order valence-corrected chi connectivity index (χ4v) is 5.17. The Morgan fingerprint density at radius 1 is 1.10 bits per heavy atom. The van der Waals surface area contributed by atoms with Gasteiger partial charge in [0.1, 0.15) is 5.52 Å². The molecule has 5 rings (SSSR count). The van der Waals surface area contributed by atoms with Crippen LogP contribution in [0.2, 0.25) is 0 Å². The summed E-state index contributed by atoms with van der Waals surface area (Å²) in [6.07, 6.45) is 1.89. The van der Waals surface area contributed by atoms with Crippen molar-refractivity contribution in [3.63, 3.8) is 0 Å². The number of benzene rings is 1. The molecule has 1 N–H and O–H groups in total. The second-order valence-electron chi connectivity index (χ2n) is 8.04. The van der Waals surface area contributed by atoms with Crippen LogP contribution < -0.4 is 10.2 Å². The van der Waals surface area contributed by atoms with E-state index in [-0.39, 0.29) is 18.2 Å². The quantitative estimate of drug-likeness (QED) is 0.495. The summed E-state index contributed by atoms with van der Waals surface area (Å²) in [7, 11) is 0.